The molecular weight excluding hydrogens is 186 g/mol. The van der Waals surface area contributed by atoms with E-state index in [9.17, 15) is 0 Å². The van der Waals surface area contributed by atoms with Crippen molar-refractivity contribution < 1.29 is 0 Å². The van der Waals surface area contributed by atoms with Gasteiger partial charge in [0.2, 0.25) is 0 Å². The number of pyridine rings is 1. The summed E-state index contributed by atoms with van der Waals surface area (Å²) in [6.45, 7) is 9.78. The second-order valence-electron chi connectivity index (χ2n) is 4.59. The molecule has 0 aliphatic heterocycles. The van der Waals surface area contributed by atoms with Crippen molar-refractivity contribution >= 4 is 11.5 Å². The minimum atomic E-state index is 0.446. The third-order valence-corrected chi connectivity index (χ3v) is 2.25. The molecule has 0 aliphatic carbocycles. The molecule has 0 saturated heterocycles. The van der Waals surface area contributed by atoms with Crippen LogP contribution in [0.1, 0.15) is 27.7 Å². The zero-order chi connectivity index (χ0) is 11.4. The van der Waals surface area contributed by atoms with E-state index in [0.29, 0.717) is 12.0 Å². The minimum Gasteiger partial charge on any atom is -0.399 e. The average molecular weight is 207 g/mol. The fourth-order valence-corrected chi connectivity index (χ4v) is 1.55. The van der Waals surface area contributed by atoms with Crippen LogP contribution in [0.3, 0.4) is 0 Å². The molecule has 1 heterocycles. The highest BCUT2D eigenvalue weighted by Gasteiger charge is 2.13. The zero-order valence-electron chi connectivity index (χ0n) is 10.1. The molecule has 0 saturated carbocycles. The van der Waals surface area contributed by atoms with Crippen LogP contribution in [0, 0.1) is 5.92 Å². The maximum Gasteiger partial charge on any atom is 0.130 e. The predicted molar refractivity (Wildman–Crippen MR) is 66.0 cm³/mol. The monoisotopic (exact) mass is 207 g/mol. The number of hydrogen-bond donors (Lipinski definition) is 1. The quantitative estimate of drug-likeness (QED) is 0.825. The smallest absolute Gasteiger partial charge is 0.130 e. The van der Waals surface area contributed by atoms with E-state index in [1.807, 2.05) is 12.1 Å². The summed E-state index contributed by atoms with van der Waals surface area (Å²) in [4.78, 5) is 6.64. The highest BCUT2D eigenvalue weighted by atomic mass is 15.2. The Kier molecular flexibility index (Phi) is 3.95. The first-order valence-corrected chi connectivity index (χ1v) is 5.49. The molecule has 1 aromatic rings. The number of nitrogens with zero attached hydrogens (tertiary/aromatic N) is 2. The molecule has 0 bridgehead atoms. The van der Waals surface area contributed by atoms with Crippen molar-refractivity contribution in [2.45, 2.75) is 33.7 Å². The van der Waals surface area contributed by atoms with Gasteiger partial charge in [0, 0.05) is 30.5 Å². The Morgan fingerprint density at radius 1 is 1.33 bits per heavy atom. The third kappa shape index (κ3) is 3.42. The molecule has 0 amide bonds. The summed E-state index contributed by atoms with van der Waals surface area (Å²) in [5.74, 6) is 1.59. The topological polar surface area (TPSA) is 42.1 Å². The van der Waals surface area contributed by atoms with E-state index in [4.69, 9.17) is 5.73 Å². The second kappa shape index (κ2) is 5.01. The van der Waals surface area contributed by atoms with Gasteiger partial charge in [-0.15, -0.1) is 0 Å². The van der Waals surface area contributed by atoms with E-state index < -0.39 is 0 Å². The van der Waals surface area contributed by atoms with Crippen LogP contribution in [0.4, 0.5) is 11.5 Å². The number of hydrogen-bond acceptors (Lipinski definition) is 3. The Hall–Kier alpha value is -1.25. The van der Waals surface area contributed by atoms with Gasteiger partial charge in [0.15, 0.2) is 0 Å². The lowest BCUT2D eigenvalue weighted by molar-refractivity contribution is 0.566. The van der Waals surface area contributed by atoms with Crippen LogP contribution in [0.15, 0.2) is 18.3 Å². The minimum absolute atomic E-state index is 0.446. The van der Waals surface area contributed by atoms with E-state index in [2.05, 4.69) is 37.6 Å². The molecule has 15 heavy (non-hydrogen) atoms. The van der Waals surface area contributed by atoms with Crippen LogP contribution in [-0.2, 0) is 0 Å². The Morgan fingerprint density at radius 3 is 2.47 bits per heavy atom. The van der Waals surface area contributed by atoms with Crippen LogP contribution < -0.4 is 10.6 Å². The van der Waals surface area contributed by atoms with Gasteiger partial charge in [-0.2, -0.15) is 0 Å². The Balaban J connectivity index is 2.88. The first-order valence-electron chi connectivity index (χ1n) is 5.49. The molecule has 0 atom stereocenters. The molecule has 1 aromatic heterocycles. The Morgan fingerprint density at radius 2 is 2.00 bits per heavy atom. The fraction of sp³-hybridized carbons (Fsp3) is 0.583. The number of aromatic nitrogens is 1. The van der Waals surface area contributed by atoms with E-state index in [1.54, 1.807) is 6.20 Å². The van der Waals surface area contributed by atoms with Gasteiger partial charge in [-0.3, -0.25) is 0 Å². The van der Waals surface area contributed by atoms with Gasteiger partial charge in [-0.25, -0.2) is 4.98 Å². The molecule has 3 nitrogen and oxygen atoms in total. The van der Waals surface area contributed by atoms with E-state index in [1.165, 1.54) is 0 Å². The Bertz CT molecular complexity index is 307. The molecular formula is C12H21N3. The second-order valence-corrected chi connectivity index (χ2v) is 4.59. The predicted octanol–water partition coefficient (Wildman–Crippen LogP) is 2.53. The lowest BCUT2D eigenvalue weighted by atomic mass is 10.1. The Labute approximate surface area is 92.3 Å². The largest absolute Gasteiger partial charge is 0.399 e. The van der Waals surface area contributed by atoms with Crippen LogP contribution >= 0.6 is 0 Å². The summed E-state index contributed by atoms with van der Waals surface area (Å²) in [5, 5.41) is 0. The van der Waals surface area contributed by atoms with Crippen molar-refractivity contribution in [1.29, 1.82) is 0 Å². The number of nitrogen functional groups attached to an aromatic ring is 1. The van der Waals surface area contributed by atoms with E-state index in [0.717, 1.165) is 18.1 Å². The molecule has 2 N–H and O–H groups in total. The van der Waals surface area contributed by atoms with E-state index >= 15 is 0 Å². The molecule has 0 radical (unpaired) electrons. The SMILES string of the molecule is CC(C)CN(c1cc(N)ccn1)C(C)C. The highest BCUT2D eigenvalue weighted by Crippen LogP contribution is 2.17. The third-order valence-electron chi connectivity index (χ3n) is 2.25. The summed E-state index contributed by atoms with van der Waals surface area (Å²) in [6.07, 6.45) is 1.76. The van der Waals surface area contributed by atoms with Gasteiger partial charge in [-0.05, 0) is 25.8 Å². The normalized spacial score (nSPS) is 11.1. The molecule has 0 aromatic carbocycles. The summed E-state index contributed by atoms with van der Waals surface area (Å²) >= 11 is 0. The van der Waals surface area contributed by atoms with Crippen molar-refractivity contribution in [3.05, 3.63) is 18.3 Å². The van der Waals surface area contributed by atoms with Crippen molar-refractivity contribution in [2.75, 3.05) is 17.2 Å². The van der Waals surface area contributed by atoms with Crippen LogP contribution in [0.5, 0.6) is 0 Å². The molecule has 3 heteroatoms. The van der Waals surface area contributed by atoms with Gasteiger partial charge in [0.25, 0.3) is 0 Å². The van der Waals surface area contributed by atoms with Crippen LogP contribution in [0.2, 0.25) is 0 Å². The first kappa shape index (κ1) is 11.8. The van der Waals surface area contributed by atoms with Gasteiger partial charge in [-0.1, -0.05) is 13.8 Å². The molecule has 1 rings (SSSR count). The molecule has 0 spiro atoms. The summed E-state index contributed by atoms with van der Waals surface area (Å²) < 4.78 is 0. The van der Waals surface area contributed by atoms with Crippen molar-refractivity contribution in [3.8, 4) is 0 Å². The maximum absolute atomic E-state index is 5.76. The number of rotatable bonds is 4. The zero-order valence-corrected chi connectivity index (χ0v) is 10.1. The molecule has 0 fully saturated rings. The lowest BCUT2D eigenvalue weighted by Crippen LogP contribution is -2.34. The fourth-order valence-electron chi connectivity index (χ4n) is 1.55. The summed E-state index contributed by atoms with van der Waals surface area (Å²) in [5.41, 5.74) is 6.53. The van der Waals surface area contributed by atoms with Gasteiger partial charge in [0.05, 0.1) is 0 Å². The summed E-state index contributed by atoms with van der Waals surface area (Å²) in [6, 6.07) is 4.20. The molecule has 84 valence electrons. The van der Waals surface area contributed by atoms with E-state index in [-0.39, 0.29) is 0 Å². The lowest BCUT2D eigenvalue weighted by Gasteiger charge is -2.29. The van der Waals surface area contributed by atoms with Crippen molar-refractivity contribution in [3.63, 3.8) is 0 Å². The standard InChI is InChI=1S/C12H21N3/c1-9(2)8-15(10(3)4)12-7-11(13)5-6-14-12/h5-7,9-10H,8H2,1-4H3,(H2,13,14). The highest BCUT2D eigenvalue weighted by molar-refractivity contribution is 5.50. The molecule has 0 unspecified atom stereocenters. The van der Waals surface area contributed by atoms with Gasteiger partial charge >= 0.3 is 0 Å². The van der Waals surface area contributed by atoms with Crippen molar-refractivity contribution in [1.82, 2.24) is 4.98 Å². The first-order chi connectivity index (χ1) is 7.00. The van der Waals surface area contributed by atoms with Gasteiger partial charge in [0.1, 0.15) is 5.82 Å². The van der Waals surface area contributed by atoms with Gasteiger partial charge < -0.3 is 10.6 Å². The molecule has 0 aliphatic rings. The van der Waals surface area contributed by atoms with Crippen LogP contribution in [-0.4, -0.2) is 17.6 Å². The average Bonchev–Trinajstić information content (AvgIpc) is 2.13. The van der Waals surface area contributed by atoms with Crippen LogP contribution in [0.25, 0.3) is 0 Å². The van der Waals surface area contributed by atoms with Crippen molar-refractivity contribution in [2.24, 2.45) is 5.92 Å². The summed E-state index contributed by atoms with van der Waals surface area (Å²) in [7, 11) is 0. The number of anilines is 2. The maximum atomic E-state index is 5.76. The number of nitrogens with two attached hydrogens (primary N) is 1.